The maximum atomic E-state index is 3.90. The lowest BCUT2D eigenvalue weighted by Crippen LogP contribution is -1.87. The van der Waals surface area contributed by atoms with E-state index in [0.717, 1.165) is 3.72 Å². The van der Waals surface area contributed by atoms with Crippen molar-refractivity contribution < 1.29 is 4.79 Å². The first kappa shape index (κ1) is 8.11. The molecule has 0 aliphatic heterocycles. The molecule has 8 heavy (non-hydrogen) atoms. The Morgan fingerprint density at radius 3 is 2.25 bits per heavy atom. The van der Waals surface area contributed by atoms with E-state index in [0.29, 0.717) is 6.04 Å². The van der Waals surface area contributed by atoms with Crippen LogP contribution in [-0.2, 0) is 0 Å². The fourth-order valence-electron chi connectivity index (χ4n) is 0.195. The minimum Gasteiger partial charge on any atom is -0.0358 e. The number of halogens is 1. The second-order valence-corrected chi connectivity index (χ2v) is 3.37. The molecule has 0 bridgehead atoms. The Labute approximate surface area is 63.3 Å². The van der Waals surface area contributed by atoms with E-state index in [-0.39, 0.29) is 0 Å². The van der Waals surface area contributed by atoms with Crippen LogP contribution in [0.1, 0.15) is 20.8 Å². The Bertz CT molecular complexity index is 118. The van der Waals surface area contributed by atoms with Gasteiger partial charge in [0.05, 0.1) is 32.5 Å². The van der Waals surface area contributed by atoms with Crippen molar-refractivity contribution >= 4 is 26.3 Å². The van der Waals surface area contributed by atoms with Gasteiger partial charge >= 0.3 is 3.72 Å². The summed E-state index contributed by atoms with van der Waals surface area (Å²) in [7, 11) is 0. The van der Waals surface area contributed by atoms with E-state index in [1.807, 2.05) is 20.8 Å². The average Bonchev–Trinajstić information content (AvgIpc) is 1.61. The standard InChI is InChI=1S/C5H10IN2/c1-4(2)7-8-5(3)6/h4H,1-3H3/q+1. The summed E-state index contributed by atoms with van der Waals surface area (Å²) < 4.78 is 0.983. The molecule has 0 amide bonds. The summed E-state index contributed by atoms with van der Waals surface area (Å²) in [4.78, 5) is 3.85. The number of hydrogen-bond acceptors (Lipinski definition) is 1. The van der Waals surface area contributed by atoms with Gasteiger partial charge in [-0.05, 0) is 13.8 Å². The van der Waals surface area contributed by atoms with Gasteiger partial charge in [-0.2, -0.15) is 0 Å². The van der Waals surface area contributed by atoms with Gasteiger partial charge in [0.2, 0.25) is 0 Å². The molecule has 46 valence electrons. The largest absolute Gasteiger partial charge is 0.372 e. The van der Waals surface area contributed by atoms with Crippen molar-refractivity contribution in [3.8, 4) is 0 Å². The topological polar surface area (TPSA) is 26.5 Å². The molecule has 0 spiro atoms. The molecule has 0 aromatic carbocycles. The summed E-state index contributed by atoms with van der Waals surface area (Å²) >= 11 is 2.13. The molecule has 2 nitrogen and oxygen atoms in total. The lowest BCUT2D eigenvalue weighted by molar-refractivity contribution is -0.0928. The van der Waals surface area contributed by atoms with Crippen LogP contribution in [0.15, 0.2) is 5.11 Å². The molecule has 0 saturated heterocycles. The zero-order valence-electron chi connectivity index (χ0n) is 5.35. The summed E-state index contributed by atoms with van der Waals surface area (Å²) in [6.45, 7) is 5.93. The Hall–Kier alpha value is 0.110. The van der Waals surface area contributed by atoms with Gasteiger partial charge in [0.25, 0.3) is 0 Å². The molecule has 0 saturated carbocycles. The van der Waals surface area contributed by atoms with Crippen LogP contribution >= 0.6 is 22.6 Å². The summed E-state index contributed by atoms with van der Waals surface area (Å²) in [5, 5.41) is 3.90. The van der Waals surface area contributed by atoms with Crippen LogP contribution in [0.2, 0.25) is 0 Å². The minimum atomic E-state index is 0.319. The molecule has 0 radical (unpaired) electrons. The van der Waals surface area contributed by atoms with Crippen LogP contribution in [0, 0.1) is 0 Å². The highest BCUT2D eigenvalue weighted by Gasteiger charge is 1.94. The quantitative estimate of drug-likeness (QED) is 0.282. The number of nitrogens with zero attached hydrogens (tertiary/aromatic N) is 2. The average molecular weight is 225 g/mol. The molecule has 0 unspecified atom stereocenters. The SMILES string of the molecule is CC(I)=[N+]=NC(C)C. The summed E-state index contributed by atoms with van der Waals surface area (Å²) in [6, 6.07) is 0.319. The van der Waals surface area contributed by atoms with Gasteiger partial charge in [-0.3, -0.25) is 0 Å². The summed E-state index contributed by atoms with van der Waals surface area (Å²) in [6.07, 6.45) is 0. The maximum absolute atomic E-state index is 3.90. The molecule has 0 aromatic rings. The highest BCUT2D eigenvalue weighted by Crippen LogP contribution is 1.83. The normalized spacial score (nSPS) is 8.62. The number of rotatable bonds is 1. The monoisotopic (exact) mass is 225 g/mol. The molecule has 3 heteroatoms. The molecular formula is C5H10IN2+. The van der Waals surface area contributed by atoms with E-state index in [1.165, 1.54) is 0 Å². The van der Waals surface area contributed by atoms with Gasteiger partial charge in [-0.1, -0.05) is 0 Å². The highest BCUT2D eigenvalue weighted by atomic mass is 127. The molecule has 0 aromatic heterocycles. The highest BCUT2D eigenvalue weighted by molar-refractivity contribution is 14.1. The number of hydrogen-bond donors (Lipinski definition) is 0. The molecule has 0 rings (SSSR count). The van der Waals surface area contributed by atoms with Crippen LogP contribution in [0.4, 0.5) is 0 Å². The first-order valence-corrected chi connectivity index (χ1v) is 3.60. The molecule has 0 aliphatic rings. The van der Waals surface area contributed by atoms with Gasteiger partial charge in [0.15, 0.2) is 0 Å². The van der Waals surface area contributed by atoms with Crippen molar-refractivity contribution in [2.24, 2.45) is 5.11 Å². The third-order valence-electron chi connectivity index (χ3n) is 0.426. The summed E-state index contributed by atoms with van der Waals surface area (Å²) in [5.41, 5.74) is 0. The van der Waals surface area contributed by atoms with Gasteiger partial charge in [0, 0.05) is 6.92 Å². The molecule has 0 heterocycles. The first-order chi connectivity index (χ1) is 3.63. The molecule has 0 fully saturated rings. The lowest BCUT2D eigenvalue weighted by Gasteiger charge is -1.74. The van der Waals surface area contributed by atoms with E-state index in [9.17, 15) is 0 Å². The van der Waals surface area contributed by atoms with Crippen molar-refractivity contribution in [3.05, 3.63) is 0 Å². The van der Waals surface area contributed by atoms with E-state index >= 15 is 0 Å². The molecule has 0 aliphatic carbocycles. The van der Waals surface area contributed by atoms with Crippen LogP contribution in [-0.4, -0.2) is 14.6 Å². The van der Waals surface area contributed by atoms with E-state index < -0.39 is 0 Å². The third kappa shape index (κ3) is 6.11. The van der Waals surface area contributed by atoms with Crippen LogP contribution < -0.4 is 0 Å². The second kappa shape index (κ2) is 4.04. The van der Waals surface area contributed by atoms with Gasteiger partial charge in [-0.15, -0.1) is 0 Å². The Morgan fingerprint density at radius 1 is 1.62 bits per heavy atom. The zero-order chi connectivity index (χ0) is 6.57. The smallest absolute Gasteiger partial charge is 0.0358 e. The maximum Gasteiger partial charge on any atom is 0.372 e. The van der Waals surface area contributed by atoms with Gasteiger partial charge in [-0.25, -0.2) is 0 Å². The third-order valence-corrected chi connectivity index (χ3v) is 0.642. The Balaban J connectivity index is 3.82. The van der Waals surface area contributed by atoms with E-state index in [1.54, 1.807) is 0 Å². The Morgan fingerprint density at radius 2 is 2.12 bits per heavy atom. The van der Waals surface area contributed by atoms with Gasteiger partial charge < -0.3 is 0 Å². The van der Waals surface area contributed by atoms with E-state index in [2.05, 4.69) is 32.5 Å². The predicted octanol–water partition coefficient (Wildman–Crippen LogP) is 1.91. The second-order valence-electron chi connectivity index (χ2n) is 1.81. The zero-order valence-corrected chi connectivity index (χ0v) is 7.51. The van der Waals surface area contributed by atoms with Crippen molar-refractivity contribution in [2.45, 2.75) is 26.8 Å². The summed E-state index contributed by atoms with van der Waals surface area (Å²) in [5.74, 6) is 0. The molecule has 0 atom stereocenters. The lowest BCUT2D eigenvalue weighted by atomic mass is 10.4. The first-order valence-electron chi connectivity index (χ1n) is 2.53. The van der Waals surface area contributed by atoms with Crippen molar-refractivity contribution in [1.29, 1.82) is 0 Å². The van der Waals surface area contributed by atoms with E-state index in [4.69, 9.17) is 0 Å². The van der Waals surface area contributed by atoms with Gasteiger partial charge in [0.1, 0.15) is 6.04 Å². The molecule has 0 N–H and O–H groups in total. The van der Waals surface area contributed by atoms with Crippen LogP contribution in [0.25, 0.3) is 0 Å². The molecular weight excluding hydrogens is 215 g/mol. The van der Waals surface area contributed by atoms with Crippen molar-refractivity contribution in [3.63, 3.8) is 0 Å². The fraction of sp³-hybridized carbons (Fsp3) is 0.800. The fourth-order valence-corrected chi connectivity index (χ4v) is 0.320. The van der Waals surface area contributed by atoms with Crippen molar-refractivity contribution in [1.82, 2.24) is 0 Å². The predicted molar refractivity (Wildman–Crippen MR) is 42.5 cm³/mol. The van der Waals surface area contributed by atoms with Crippen LogP contribution in [0.5, 0.6) is 0 Å². The van der Waals surface area contributed by atoms with Crippen LogP contribution in [0.3, 0.4) is 0 Å². The minimum absolute atomic E-state index is 0.319. The Kier molecular flexibility index (Phi) is 4.09. The van der Waals surface area contributed by atoms with Crippen molar-refractivity contribution in [2.75, 3.05) is 0 Å².